The van der Waals surface area contributed by atoms with Gasteiger partial charge in [0.25, 0.3) is 5.91 Å². The van der Waals surface area contributed by atoms with Gasteiger partial charge in [0.05, 0.1) is 17.8 Å². The summed E-state index contributed by atoms with van der Waals surface area (Å²) in [7, 11) is -1.01. The molecule has 0 aromatic heterocycles. The van der Waals surface area contributed by atoms with E-state index in [1.807, 2.05) is 6.07 Å². The van der Waals surface area contributed by atoms with Crippen LogP contribution in [0.15, 0.2) is 48.5 Å². The molecule has 10 heteroatoms. The van der Waals surface area contributed by atoms with Crippen LogP contribution >= 0.6 is 0 Å². The number of alkyl halides is 3. The number of piperazine rings is 1. The van der Waals surface area contributed by atoms with Crippen LogP contribution in [0.1, 0.15) is 21.5 Å². The van der Waals surface area contributed by atoms with E-state index in [-0.39, 0.29) is 18.1 Å². The molecular formula is C22H24F3N3O3S. The second-order valence-electron chi connectivity index (χ2n) is 7.58. The fraction of sp³-hybridized carbons (Fsp3) is 0.364. The van der Waals surface area contributed by atoms with Gasteiger partial charge in [-0.05, 0) is 29.8 Å². The molecule has 1 fully saturated rings. The van der Waals surface area contributed by atoms with E-state index in [1.165, 1.54) is 18.2 Å². The van der Waals surface area contributed by atoms with Gasteiger partial charge < -0.3 is 10.2 Å². The van der Waals surface area contributed by atoms with Gasteiger partial charge in [0.2, 0.25) is 5.91 Å². The number of para-hydroxylation sites is 1. The molecule has 1 heterocycles. The van der Waals surface area contributed by atoms with E-state index in [2.05, 4.69) is 5.32 Å². The van der Waals surface area contributed by atoms with E-state index in [0.717, 1.165) is 11.6 Å². The highest BCUT2D eigenvalue weighted by Gasteiger charge is 2.33. The number of nitrogens with one attached hydrogen (secondary N) is 1. The minimum absolute atomic E-state index is 0.0635. The SMILES string of the molecule is CS(=O)Cc1cccc(C(=O)N2CCN(CC(=O)Nc3ccccc3C(F)(F)F)CC2)c1. The monoisotopic (exact) mass is 467 g/mol. The zero-order chi connectivity index (χ0) is 23.3. The van der Waals surface area contributed by atoms with Gasteiger partial charge in [-0.1, -0.05) is 24.3 Å². The van der Waals surface area contributed by atoms with Crippen molar-refractivity contribution in [1.82, 2.24) is 9.80 Å². The number of rotatable bonds is 6. The van der Waals surface area contributed by atoms with E-state index in [4.69, 9.17) is 0 Å². The molecule has 0 saturated carbocycles. The van der Waals surface area contributed by atoms with E-state index in [1.54, 1.807) is 34.3 Å². The number of hydrogen-bond acceptors (Lipinski definition) is 4. The van der Waals surface area contributed by atoms with Crippen molar-refractivity contribution in [2.45, 2.75) is 11.9 Å². The predicted molar refractivity (Wildman–Crippen MR) is 117 cm³/mol. The highest BCUT2D eigenvalue weighted by Crippen LogP contribution is 2.34. The summed E-state index contributed by atoms with van der Waals surface area (Å²) in [5.74, 6) is -0.305. The first kappa shape index (κ1) is 23.9. The lowest BCUT2D eigenvalue weighted by atomic mass is 10.1. The van der Waals surface area contributed by atoms with Gasteiger partial charge in [-0.25, -0.2) is 0 Å². The number of carbonyl (C=O) groups is 2. The van der Waals surface area contributed by atoms with Crippen LogP contribution in [0.5, 0.6) is 0 Å². The van der Waals surface area contributed by atoms with Crippen LogP contribution in [-0.2, 0) is 27.5 Å². The van der Waals surface area contributed by atoms with Gasteiger partial charge in [-0.15, -0.1) is 0 Å². The van der Waals surface area contributed by atoms with Crippen molar-refractivity contribution in [2.24, 2.45) is 0 Å². The lowest BCUT2D eigenvalue weighted by Gasteiger charge is -2.34. The maximum absolute atomic E-state index is 13.1. The van der Waals surface area contributed by atoms with Crippen molar-refractivity contribution in [3.63, 3.8) is 0 Å². The zero-order valence-electron chi connectivity index (χ0n) is 17.5. The molecule has 0 aliphatic carbocycles. The summed E-state index contributed by atoms with van der Waals surface area (Å²) >= 11 is 0. The average Bonchev–Trinajstić information content (AvgIpc) is 2.73. The molecule has 32 heavy (non-hydrogen) atoms. The van der Waals surface area contributed by atoms with E-state index in [0.29, 0.717) is 37.5 Å². The maximum Gasteiger partial charge on any atom is 0.418 e. The summed E-state index contributed by atoms with van der Waals surface area (Å²) in [5.41, 5.74) is 0.179. The fourth-order valence-electron chi connectivity index (χ4n) is 3.55. The summed E-state index contributed by atoms with van der Waals surface area (Å²) in [6.07, 6.45) is -2.95. The van der Waals surface area contributed by atoms with Crippen LogP contribution in [-0.4, -0.2) is 64.8 Å². The van der Waals surface area contributed by atoms with Crippen LogP contribution in [0.2, 0.25) is 0 Å². The van der Waals surface area contributed by atoms with Gasteiger partial charge in [-0.3, -0.25) is 18.7 Å². The first-order chi connectivity index (χ1) is 15.1. The second kappa shape index (κ2) is 10.3. The molecule has 6 nitrogen and oxygen atoms in total. The summed E-state index contributed by atoms with van der Waals surface area (Å²) in [6.45, 7) is 1.59. The molecule has 1 saturated heterocycles. The Morgan fingerprint density at radius 1 is 1.03 bits per heavy atom. The molecular weight excluding hydrogens is 443 g/mol. The molecule has 2 amide bonds. The Morgan fingerprint density at radius 3 is 2.38 bits per heavy atom. The fourth-order valence-corrected chi connectivity index (χ4v) is 4.20. The maximum atomic E-state index is 13.1. The average molecular weight is 468 g/mol. The Hall–Kier alpha value is -2.72. The molecule has 1 unspecified atom stereocenters. The molecule has 1 atom stereocenters. The highest BCUT2D eigenvalue weighted by molar-refractivity contribution is 7.83. The molecule has 172 valence electrons. The molecule has 0 spiro atoms. The summed E-state index contributed by atoms with van der Waals surface area (Å²) in [4.78, 5) is 28.6. The first-order valence-corrected chi connectivity index (χ1v) is 11.7. The zero-order valence-corrected chi connectivity index (χ0v) is 18.3. The van der Waals surface area contributed by atoms with E-state index >= 15 is 0 Å². The number of benzene rings is 2. The van der Waals surface area contributed by atoms with Crippen molar-refractivity contribution in [2.75, 3.05) is 44.3 Å². The van der Waals surface area contributed by atoms with Gasteiger partial charge in [0.1, 0.15) is 0 Å². The van der Waals surface area contributed by atoms with Crippen molar-refractivity contribution >= 4 is 28.3 Å². The first-order valence-electron chi connectivity index (χ1n) is 10.00. The number of halogens is 3. The summed E-state index contributed by atoms with van der Waals surface area (Å²) in [5, 5.41) is 2.34. The van der Waals surface area contributed by atoms with E-state index < -0.39 is 28.4 Å². The minimum Gasteiger partial charge on any atom is -0.336 e. The Morgan fingerprint density at radius 2 is 1.72 bits per heavy atom. The van der Waals surface area contributed by atoms with Crippen LogP contribution < -0.4 is 5.32 Å². The molecule has 3 rings (SSSR count). The molecule has 0 radical (unpaired) electrons. The molecule has 0 bridgehead atoms. The van der Waals surface area contributed by atoms with Crippen molar-refractivity contribution in [3.8, 4) is 0 Å². The molecule has 1 aliphatic heterocycles. The number of nitrogens with zero attached hydrogens (tertiary/aromatic N) is 2. The predicted octanol–water partition coefficient (Wildman–Crippen LogP) is 2.98. The normalized spacial score (nSPS) is 15.9. The third-order valence-electron chi connectivity index (χ3n) is 5.08. The van der Waals surface area contributed by atoms with Gasteiger partial charge in [0.15, 0.2) is 0 Å². The lowest BCUT2D eigenvalue weighted by molar-refractivity contribution is -0.137. The third-order valence-corrected chi connectivity index (χ3v) is 5.82. The quantitative estimate of drug-likeness (QED) is 0.709. The van der Waals surface area contributed by atoms with Gasteiger partial charge in [-0.2, -0.15) is 13.2 Å². The number of anilines is 1. The molecule has 1 N–H and O–H groups in total. The second-order valence-corrected chi connectivity index (χ2v) is 9.01. The van der Waals surface area contributed by atoms with Crippen molar-refractivity contribution in [1.29, 1.82) is 0 Å². The van der Waals surface area contributed by atoms with Crippen LogP contribution in [0.3, 0.4) is 0 Å². The molecule has 2 aromatic carbocycles. The summed E-state index contributed by atoms with van der Waals surface area (Å²) in [6, 6.07) is 11.9. The number of carbonyl (C=O) groups excluding carboxylic acids is 2. The third kappa shape index (κ3) is 6.39. The Labute approximate surface area is 186 Å². The Kier molecular flexibility index (Phi) is 7.68. The minimum atomic E-state index is -4.56. The molecule has 1 aliphatic rings. The summed E-state index contributed by atoms with van der Waals surface area (Å²) < 4.78 is 50.7. The highest BCUT2D eigenvalue weighted by atomic mass is 32.2. The van der Waals surface area contributed by atoms with Crippen LogP contribution in [0, 0.1) is 0 Å². The smallest absolute Gasteiger partial charge is 0.336 e. The standard InChI is InChI=1S/C22H24F3N3O3S/c1-32(31)15-16-5-4-6-17(13-16)21(30)28-11-9-27(10-12-28)14-20(29)26-19-8-3-2-7-18(19)22(23,24)25/h2-8,13H,9-12,14-15H2,1H3,(H,26,29). The van der Waals surface area contributed by atoms with Gasteiger partial charge >= 0.3 is 6.18 Å². The topological polar surface area (TPSA) is 69.7 Å². The van der Waals surface area contributed by atoms with Crippen LogP contribution in [0.4, 0.5) is 18.9 Å². The lowest BCUT2D eigenvalue weighted by Crippen LogP contribution is -2.50. The van der Waals surface area contributed by atoms with Crippen molar-refractivity contribution < 1.29 is 27.0 Å². The van der Waals surface area contributed by atoms with Crippen LogP contribution in [0.25, 0.3) is 0 Å². The largest absolute Gasteiger partial charge is 0.418 e. The van der Waals surface area contributed by atoms with Gasteiger partial charge in [0, 0.05) is 54.6 Å². The number of hydrogen-bond donors (Lipinski definition) is 1. The molecule has 2 aromatic rings. The number of amides is 2. The Bertz CT molecular complexity index is 1010. The van der Waals surface area contributed by atoms with Crippen molar-refractivity contribution in [3.05, 3.63) is 65.2 Å². The Balaban J connectivity index is 1.54. The van der Waals surface area contributed by atoms with E-state index in [9.17, 15) is 27.0 Å².